The van der Waals surface area contributed by atoms with E-state index in [4.69, 9.17) is 25.8 Å². The molecule has 3 rings (SSSR count). The summed E-state index contributed by atoms with van der Waals surface area (Å²) in [5.41, 5.74) is 4.16. The fourth-order valence-corrected chi connectivity index (χ4v) is 3.95. The molecule has 0 aliphatic heterocycles. The topological polar surface area (TPSA) is 127 Å². The van der Waals surface area contributed by atoms with Gasteiger partial charge in [0, 0.05) is 17.3 Å². The Morgan fingerprint density at radius 2 is 1.68 bits per heavy atom. The maximum Gasteiger partial charge on any atom is 0.329 e. The molecule has 0 heterocycles. The monoisotopic (exact) mass is 650 g/mol. The summed E-state index contributed by atoms with van der Waals surface area (Å²) in [6.45, 7) is -0.0708. The number of carbonyl (C=O) groups is 3. The number of benzene rings is 3. The van der Waals surface area contributed by atoms with Crippen LogP contribution in [-0.4, -0.2) is 44.8 Å². The molecule has 3 amide bonds. The van der Waals surface area contributed by atoms with Crippen LogP contribution < -0.4 is 30.3 Å². The van der Waals surface area contributed by atoms with Crippen LogP contribution >= 0.6 is 34.2 Å². The van der Waals surface area contributed by atoms with E-state index < -0.39 is 11.8 Å². The molecule has 0 saturated heterocycles. The van der Waals surface area contributed by atoms with Gasteiger partial charge in [0.15, 0.2) is 18.1 Å². The van der Waals surface area contributed by atoms with Crippen LogP contribution in [0.3, 0.4) is 0 Å². The summed E-state index contributed by atoms with van der Waals surface area (Å²) in [6, 6.07) is 17.1. The first-order valence-corrected chi connectivity index (χ1v) is 12.5. The number of ether oxygens (including phenoxy) is 3. The lowest BCUT2D eigenvalue weighted by Gasteiger charge is -2.13. The van der Waals surface area contributed by atoms with Gasteiger partial charge in [0.2, 0.25) is 0 Å². The molecule has 0 fully saturated rings. The van der Waals surface area contributed by atoms with Crippen LogP contribution in [0.1, 0.15) is 11.1 Å². The van der Waals surface area contributed by atoms with Crippen LogP contribution in [0.15, 0.2) is 65.8 Å². The Hall–Kier alpha value is -3.84. The van der Waals surface area contributed by atoms with E-state index in [2.05, 4.69) is 21.2 Å². The Kier molecular flexibility index (Phi) is 10.7. The summed E-state index contributed by atoms with van der Waals surface area (Å²) < 4.78 is 16.8. The van der Waals surface area contributed by atoms with Gasteiger partial charge in [0.25, 0.3) is 5.91 Å². The van der Waals surface area contributed by atoms with Crippen molar-refractivity contribution in [3.05, 3.63) is 80.4 Å². The average Bonchev–Trinajstić information content (AvgIpc) is 2.92. The van der Waals surface area contributed by atoms with Gasteiger partial charge < -0.3 is 24.8 Å². The number of amides is 3. The minimum absolute atomic E-state index is 0.175. The van der Waals surface area contributed by atoms with Crippen LogP contribution in [0.2, 0.25) is 5.02 Å². The Balaban J connectivity index is 1.52. The predicted octanol–water partition coefficient (Wildman–Crippen LogP) is 3.75. The molecule has 3 aromatic rings. The van der Waals surface area contributed by atoms with Crippen molar-refractivity contribution in [1.82, 2.24) is 10.7 Å². The number of carbonyl (C=O) groups excluding carboxylic acids is 3. The van der Waals surface area contributed by atoms with Crippen molar-refractivity contribution in [1.29, 1.82) is 0 Å². The Morgan fingerprint density at radius 1 is 0.974 bits per heavy atom. The number of nitrogens with zero attached hydrogens (tertiary/aromatic N) is 1. The molecule has 3 aromatic carbocycles. The number of hydrazone groups is 1. The summed E-state index contributed by atoms with van der Waals surface area (Å²) in [6.07, 6.45) is 1.36. The molecule has 0 radical (unpaired) electrons. The van der Waals surface area contributed by atoms with Crippen molar-refractivity contribution in [3.63, 3.8) is 0 Å². The molecule has 12 heteroatoms. The van der Waals surface area contributed by atoms with Gasteiger partial charge in [-0.25, -0.2) is 5.43 Å². The quantitative estimate of drug-likeness (QED) is 0.133. The number of halogens is 2. The van der Waals surface area contributed by atoms with Crippen molar-refractivity contribution < 1.29 is 28.6 Å². The maximum atomic E-state index is 12.3. The van der Waals surface area contributed by atoms with E-state index in [1.807, 2.05) is 22.6 Å². The van der Waals surface area contributed by atoms with Crippen molar-refractivity contribution in [3.8, 4) is 17.2 Å². The fraction of sp³-hybridized carbons (Fsp3) is 0.154. The smallest absolute Gasteiger partial charge is 0.329 e. The largest absolute Gasteiger partial charge is 0.497 e. The summed E-state index contributed by atoms with van der Waals surface area (Å²) in [5, 5.41) is 9.63. The third-order valence-corrected chi connectivity index (χ3v) is 5.98. The van der Waals surface area contributed by atoms with Crippen molar-refractivity contribution in [2.75, 3.05) is 26.1 Å². The highest BCUT2D eigenvalue weighted by atomic mass is 127. The van der Waals surface area contributed by atoms with E-state index >= 15 is 0 Å². The van der Waals surface area contributed by atoms with Gasteiger partial charge in [-0.15, -0.1) is 0 Å². The molecule has 0 saturated carbocycles. The lowest BCUT2D eigenvalue weighted by molar-refractivity contribution is -0.139. The fourth-order valence-electron chi connectivity index (χ4n) is 3.04. The van der Waals surface area contributed by atoms with E-state index in [1.54, 1.807) is 67.8 Å². The lowest BCUT2D eigenvalue weighted by atomic mass is 10.2. The number of methoxy groups -OCH3 is 2. The minimum atomic E-state index is -0.914. The van der Waals surface area contributed by atoms with Gasteiger partial charge in [0.1, 0.15) is 5.75 Å². The van der Waals surface area contributed by atoms with Crippen LogP contribution in [-0.2, 0) is 20.9 Å². The Bertz CT molecular complexity index is 1320. The highest BCUT2D eigenvalue weighted by molar-refractivity contribution is 14.1. The Labute approximate surface area is 237 Å². The standard InChI is InChI=1S/C26H24ClIN4O6/c1-36-20-9-3-16(4-10-20)13-29-25(34)26(35)32-30-14-17-11-21(28)24(22(12-17)37-2)38-15-23(33)31-19-7-5-18(27)6-8-19/h3-12,14H,13,15H2,1-2H3,(H,29,34)(H,31,33)(H,32,35)/b30-14-. The molecule has 0 bridgehead atoms. The minimum Gasteiger partial charge on any atom is -0.497 e. The van der Waals surface area contributed by atoms with Gasteiger partial charge in [-0.05, 0) is 82.2 Å². The predicted molar refractivity (Wildman–Crippen MR) is 152 cm³/mol. The molecule has 3 N–H and O–H groups in total. The average molecular weight is 651 g/mol. The van der Waals surface area contributed by atoms with Crippen LogP contribution in [0.25, 0.3) is 0 Å². The third kappa shape index (κ3) is 8.63. The van der Waals surface area contributed by atoms with E-state index in [9.17, 15) is 14.4 Å². The second kappa shape index (κ2) is 14.2. The van der Waals surface area contributed by atoms with Crippen LogP contribution in [0, 0.1) is 3.57 Å². The summed E-state index contributed by atoms with van der Waals surface area (Å²) >= 11 is 7.89. The normalized spacial score (nSPS) is 10.5. The van der Waals surface area contributed by atoms with Crippen molar-refractivity contribution in [2.24, 2.45) is 5.10 Å². The van der Waals surface area contributed by atoms with Crippen LogP contribution in [0.5, 0.6) is 17.2 Å². The van der Waals surface area contributed by atoms with E-state index in [0.717, 1.165) is 5.56 Å². The zero-order valence-electron chi connectivity index (χ0n) is 20.4. The summed E-state index contributed by atoms with van der Waals surface area (Å²) in [4.78, 5) is 36.3. The molecule has 0 aliphatic carbocycles. The second-order valence-corrected chi connectivity index (χ2v) is 9.21. The number of hydrogen-bond acceptors (Lipinski definition) is 7. The lowest BCUT2D eigenvalue weighted by Crippen LogP contribution is -2.37. The van der Waals surface area contributed by atoms with Gasteiger partial charge in [-0.2, -0.15) is 5.10 Å². The molecule has 0 unspecified atom stereocenters. The molecular weight excluding hydrogens is 627 g/mol. The van der Waals surface area contributed by atoms with Gasteiger partial charge >= 0.3 is 11.8 Å². The van der Waals surface area contributed by atoms with Gasteiger partial charge in [0.05, 0.1) is 24.0 Å². The summed E-state index contributed by atoms with van der Waals surface area (Å²) in [7, 11) is 3.02. The first kappa shape index (κ1) is 28.7. The van der Waals surface area contributed by atoms with E-state index in [-0.39, 0.29) is 19.1 Å². The molecule has 0 atom stereocenters. The molecule has 198 valence electrons. The first-order valence-electron chi connectivity index (χ1n) is 11.1. The van der Waals surface area contributed by atoms with E-state index in [0.29, 0.717) is 37.1 Å². The summed E-state index contributed by atoms with van der Waals surface area (Å²) in [5.74, 6) is -0.671. The maximum absolute atomic E-state index is 12.3. The van der Waals surface area contributed by atoms with Crippen molar-refractivity contribution in [2.45, 2.75) is 6.54 Å². The number of rotatable bonds is 10. The van der Waals surface area contributed by atoms with Crippen LogP contribution in [0.4, 0.5) is 5.69 Å². The van der Waals surface area contributed by atoms with E-state index in [1.165, 1.54) is 13.3 Å². The van der Waals surface area contributed by atoms with Crippen molar-refractivity contribution >= 4 is 63.8 Å². The third-order valence-electron chi connectivity index (χ3n) is 4.93. The molecule has 38 heavy (non-hydrogen) atoms. The number of hydrogen-bond donors (Lipinski definition) is 3. The van der Waals surface area contributed by atoms with Gasteiger partial charge in [-0.1, -0.05) is 23.7 Å². The molecule has 0 aliphatic rings. The first-order chi connectivity index (χ1) is 18.3. The molecule has 10 nitrogen and oxygen atoms in total. The zero-order valence-corrected chi connectivity index (χ0v) is 23.3. The molecule has 0 aromatic heterocycles. The number of nitrogens with one attached hydrogen (secondary N) is 3. The molecular formula is C26H24ClIN4O6. The Morgan fingerprint density at radius 3 is 2.34 bits per heavy atom. The highest BCUT2D eigenvalue weighted by Crippen LogP contribution is 2.33. The second-order valence-electron chi connectivity index (χ2n) is 7.61. The van der Waals surface area contributed by atoms with Gasteiger partial charge in [-0.3, -0.25) is 14.4 Å². The highest BCUT2D eigenvalue weighted by Gasteiger charge is 2.15. The molecule has 0 spiro atoms. The number of anilines is 1. The zero-order chi connectivity index (χ0) is 27.5. The SMILES string of the molecule is COc1ccc(CNC(=O)C(=O)N/N=C\c2cc(I)c(OCC(=O)Nc3ccc(Cl)cc3)c(OC)c2)cc1.